The molecule has 0 radical (unpaired) electrons. The zero-order valence-corrected chi connectivity index (χ0v) is 18.4. The van der Waals surface area contributed by atoms with Gasteiger partial charge >= 0.3 is 7.12 Å². The van der Waals surface area contributed by atoms with Crippen molar-refractivity contribution in [3.05, 3.63) is 53.6 Å². The van der Waals surface area contributed by atoms with Gasteiger partial charge in [0.05, 0.1) is 30.4 Å². The molecule has 0 saturated carbocycles. The van der Waals surface area contributed by atoms with Gasteiger partial charge in [0.1, 0.15) is 10.6 Å². The number of rotatable bonds is 4. The third-order valence-corrected chi connectivity index (χ3v) is 7.81. The van der Waals surface area contributed by atoms with Gasteiger partial charge in [-0.25, -0.2) is 12.7 Å². The van der Waals surface area contributed by atoms with E-state index in [2.05, 4.69) is 0 Å². The second-order valence-corrected chi connectivity index (χ2v) is 10.3. The maximum atomic E-state index is 13.1. The molecule has 30 heavy (non-hydrogen) atoms. The van der Waals surface area contributed by atoms with Crippen LogP contribution in [0.1, 0.15) is 43.6 Å². The van der Waals surface area contributed by atoms with Gasteiger partial charge in [-0.15, -0.1) is 0 Å². The Morgan fingerprint density at radius 3 is 2.17 bits per heavy atom. The molecule has 0 atom stereocenters. The Labute approximate surface area is 177 Å². The third-order valence-electron chi connectivity index (χ3n) is 6.04. The number of sulfonamides is 1. The zero-order valence-electron chi connectivity index (χ0n) is 17.6. The summed E-state index contributed by atoms with van der Waals surface area (Å²) in [6, 6.07) is 11.6. The molecule has 0 spiro atoms. The molecular formula is C21H24BNO6S. The van der Waals surface area contributed by atoms with Crippen LogP contribution in [0, 0.1) is 0 Å². The van der Waals surface area contributed by atoms with E-state index in [9.17, 15) is 13.2 Å². The van der Waals surface area contributed by atoms with E-state index in [0.717, 1.165) is 4.31 Å². The standard InChI is InChI=1S/C21H24BNO6S/c1-20(2)21(3,4)29-22(28-20)15-8-11-17-18(12-15)30(25,26)23(19(17)24)13-14-6-9-16(27-5)10-7-14/h6-12H,13H2,1-5H3. The number of hydrogen-bond acceptors (Lipinski definition) is 6. The van der Waals surface area contributed by atoms with Crippen LogP contribution < -0.4 is 10.2 Å². The molecule has 1 amide bonds. The topological polar surface area (TPSA) is 82.1 Å². The van der Waals surface area contributed by atoms with Crippen LogP contribution in [-0.4, -0.2) is 44.1 Å². The summed E-state index contributed by atoms with van der Waals surface area (Å²) in [5.74, 6) is 0.117. The maximum absolute atomic E-state index is 13.1. The fourth-order valence-corrected chi connectivity index (χ4v) is 5.06. The van der Waals surface area contributed by atoms with Gasteiger partial charge in [-0.2, -0.15) is 0 Å². The van der Waals surface area contributed by atoms with Crippen LogP contribution in [0.2, 0.25) is 0 Å². The summed E-state index contributed by atoms with van der Waals surface area (Å²) in [5, 5.41) is 0. The van der Waals surface area contributed by atoms with Crippen molar-refractivity contribution in [3.8, 4) is 5.75 Å². The molecule has 0 aliphatic carbocycles. The lowest BCUT2D eigenvalue weighted by Crippen LogP contribution is -2.41. The number of ether oxygens (including phenoxy) is 1. The highest BCUT2D eigenvalue weighted by Crippen LogP contribution is 2.37. The minimum Gasteiger partial charge on any atom is -0.497 e. The smallest absolute Gasteiger partial charge is 0.494 e. The van der Waals surface area contributed by atoms with E-state index < -0.39 is 34.3 Å². The molecular weight excluding hydrogens is 405 g/mol. The third kappa shape index (κ3) is 3.21. The first-order valence-electron chi connectivity index (χ1n) is 9.66. The Kier molecular flexibility index (Phi) is 4.76. The molecule has 0 aromatic heterocycles. The van der Waals surface area contributed by atoms with Gasteiger partial charge in [0, 0.05) is 0 Å². The van der Waals surface area contributed by atoms with Crippen molar-refractivity contribution in [2.75, 3.05) is 7.11 Å². The Bertz CT molecular complexity index is 1090. The fraction of sp³-hybridized carbons (Fsp3) is 0.381. The average molecular weight is 429 g/mol. The van der Waals surface area contributed by atoms with Crippen molar-refractivity contribution in [2.24, 2.45) is 0 Å². The van der Waals surface area contributed by atoms with Crippen LogP contribution in [-0.2, 0) is 25.9 Å². The van der Waals surface area contributed by atoms with Gasteiger partial charge < -0.3 is 14.0 Å². The van der Waals surface area contributed by atoms with E-state index in [4.69, 9.17) is 14.0 Å². The number of nitrogens with zero attached hydrogens (tertiary/aromatic N) is 1. The number of carbonyl (C=O) groups excluding carboxylic acids is 1. The van der Waals surface area contributed by atoms with Crippen LogP contribution in [0.25, 0.3) is 0 Å². The van der Waals surface area contributed by atoms with Crippen molar-refractivity contribution in [3.63, 3.8) is 0 Å². The molecule has 0 N–H and O–H groups in total. The molecule has 2 aliphatic rings. The quantitative estimate of drug-likeness (QED) is 0.694. The van der Waals surface area contributed by atoms with E-state index in [1.54, 1.807) is 37.4 Å². The van der Waals surface area contributed by atoms with E-state index in [1.807, 2.05) is 27.7 Å². The predicted octanol–water partition coefficient (Wildman–Crippen LogP) is 2.34. The highest BCUT2D eigenvalue weighted by Gasteiger charge is 2.52. The Hall–Kier alpha value is -2.36. The Balaban J connectivity index is 1.65. The fourth-order valence-electron chi connectivity index (χ4n) is 3.47. The summed E-state index contributed by atoms with van der Waals surface area (Å²) in [5.41, 5.74) is 0.308. The second-order valence-electron chi connectivity index (χ2n) is 8.51. The SMILES string of the molecule is COc1ccc(CN2C(=O)c3ccc(B4OC(C)(C)C(C)(C)O4)cc3S2(=O)=O)cc1. The zero-order chi connectivity index (χ0) is 21.9. The van der Waals surface area contributed by atoms with Crippen LogP contribution in [0.3, 0.4) is 0 Å². The normalized spacial score (nSPS) is 21.0. The molecule has 1 fully saturated rings. The number of fused-ring (bicyclic) bond motifs is 1. The number of carbonyl (C=O) groups is 1. The molecule has 2 aromatic carbocycles. The molecule has 7 nitrogen and oxygen atoms in total. The molecule has 158 valence electrons. The number of hydrogen-bond donors (Lipinski definition) is 0. The van der Waals surface area contributed by atoms with E-state index in [-0.39, 0.29) is 17.0 Å². The lowest BCUT2D eigenvalue weighted by molar-refractivity contribution is 0.00578. The average Bonchev–Trinajstić information content (AvgIpc) is 3.02. The molecule has 0 unspecified atom stereocenters. The van der Waals surface area contributed by atoms with Gasteiger partial charge in [0.25, 0.3) is 15.9 Å². The summed E-state index contributed by atoms with van der Waals surface area (Å²) >= 11 is 0. The molecule has 1 saturated heterocycles. The van der Waals surface area contributed by atoms with Gasteiger partial charge in [-0.05, 0) is 63.0 Å². The van der Waals surface area contributed by atoms with Crippen molar-refractivity contribution in [2.45, 2.75) is 50.3 Å². The summed E-state index contributed by atoms with van der Waals surface area (Å²) in [6.45, 7) is 7.66. The Morgan fingerprint density at radius 2 is 1.60 bits per heavy atom. The highest BCUT2D eigenvalue weighted by atomic mass is 32.2. The maximum Gasteiger partial charge on any atom is 0.494 e. The second kappa shape index (κ2) is 6.83. The van der Waals surface area contributed by atoms with Gasteiger partial charge in [0.15, 0.2) is 0 Å². The van der Waals surface area contributed by atoms with Crippen LogP contribution in [0.5, 0.6) is 5.75 Å². The number of benzene rings is 2. The number of methoxy groups -OCH3 is 1. The predicted molar refractivity (Wildman–Crippen MR) is 112 cm³/mol. The monoisotopic (exact) mass is 429 g/mol. The van der Waals surface area contributed by atoms with Crippen molar-refractivity contribution in [1.29, 1.82) is 0 Å². The molecule has 9 heteroatoms. The summed E-state index contributed by atoms with van der Waals surface area (Å²) in [7, 11) is -3.13. The van der Waals surface area contributed by atoms with Crippen LogP contribution >= 0.6 is 0 Å². The van der Waals surface area contributed by atoms with Crippen molar-refractivity contribution in [1.82, 2.24) is 4.31 Å². The minimum atomic E-state index is -3.98. The van der Waals surface area contributed by atoms with Crippen LogP contribution in [0.15, 0.2) is 47.4 Å². The van der Waals surface area contributed by atoms with Gasteiger partial charge in [0.2, 0.25) is 0 Å². The van der Waals surface area contributed by atoms with Crippen molar-refractivity contribution >= 4 is 28.5 Å². The molecule has 0 bridgehead atoms. The van der Waals surface area contributed by atoms with Crippen LogP contribution in [0.4, 0.5) is 0 Å². The summed E-state index contributed by atoms with van der Waals surface area (Å²) < 4.78 is 44.3. The first-order chi connectivity index (χ1) is 14.0. The first-order valence-corrected chi connectivity index (χ1v) is 11.1. The molecule has 2 aliphatic heterocycles. The van der Waals surface area contributed by atoms with E-state index in [1.165, 1.54) is 12.1 Å². The molecule has 2 heterocycles. The first kappa shape index (κ1) is 20.9. The van der Waals surface area contributed by atoms with E-state index >= 15 is 0 Å². The summed E-state index contributed by atoms with van der Waals surface area (Å²) in [4.78, 5) is 12.8. The largest absolute Gasteiger partial charge is 0.497 e. The molecule has 2 aromatic rings. The highest BCUT2D eigenvalue weighted by molar-refractivity contribution is 7.90. The van der Waals surface area contributed by atoms with E-state index in [0.29, 0.717) is 16.8 Å². The molecule has 4 rings (SSSR count). The lowest BCUT2D eigenvalue weighted by atomic mass is 9.79. The number of amides is 1. The van der Waals surface area contributed by atoms with Gasteiger partial charge in [-0.3, -0.25) is 4.79 Å². The minimum absolute atomic E-state index is 0.0202. The van der Waals surface area contributed by atoms with Gasteiger partial charge in [-0.1, -0.05) is 18.2 Å². The summed E-state index contributed by atoms with van der Waals surface area (Å²) in [6.07, 6.45) is 0. The lowest BCUT2D eigenvalue weighted by Gasteiger charge is -2.32. The van der Waals surface area contributed by atoms with Crippen molar-refractivity contribution < 1.29 is 27.3 Å². The Morgan fingerprint density at radius 1 is 1.00 bits per heavy atom.